The number of halogens is 6. The minimum absolute atomic E-state index is 0.0251. The number of aliphatic carboxylic acids is 1. The van der Waals surface area contributed by atoms with Crippen molar-refractivity contribution in [2.24, 2.45) is 32.7 Å². The summed E-state index contributed by atoms with van der Waals surface area (Å²) in [6.45, 7) is 43.7. The number of carbonyl (C=O) groups excluding carboxylic acids is 4. The van der Waals surface area contributed by atoms with E-state index in [0.717, 1.165) is 129 Å². The van der Waals surface area contributed by atoms with Crippen LogP contribution in [0.4, 0.5) is 9.59 Å². The second-order valence-electron chi connectivity index (χ2n) is 37.1. The van der Waals surface area contributed by atoms with Gasteiger partial charge in [0.1, 0.15) is 42.5 Å². The molecule has 6 aromatic carbocycles. The van der Waals surface area contributed by atoms with Crippen LogP contribution in [0.5, 0.6) is 0 Å². The summed E-state index contributed by atoms with van der Waals surface area (Å²) in [6, 6.07) is 47.6. The molecular formula is C98H122Cl6N12O8S3. The summed E-state index contributed by atoms with van der Waals surface area (Å²) in [5.41, 5.74) is 6.48. The quantitative estimate of drug-likeness (QED) is 0.0823. The first kappa shape index (κ1) is 98.6. The molecule has 0 aromatic heterocycles. The van der Waals surface area contributed by atoms with Crippen molar-refractivity contribution in [1.82, 2.24) is 44.5 Å². The number of carboxylic acids is 1. The van der Waals surface area contributed by atoms with Gasteiger partial charge in [-0.3, -0.25) is 9.59 Å². The van der Waals surface area contributed by atoms with Gasteiger partial charge in [-0.05, 0) is 301 Å². The Morgan fingerprint density at radius 1 is 0.433 bits per heavy atom. The molecule has 0 aliphatic carbocycles. The molecule has 0 spiro atoms. The molecule has 0 bridgehead atoms. The third-order valence-corrected chi connectivity index (χ3v) is 29.3. The predicted octanol–water partition coefficient (Wildman–Crippen LogP) is 24.0. The zero-order chi connectivity index (χ0) is 92.3. The van der Waals surface area contributed by atoms with Crippen molar-refractivity contribution in [2.45, 2.75) is 227 Å². The molecule has 9 heterocycles. The van der Waals surface area contributed by atoms with Gasteiger partial charge in [-0.25, -0.2) is 29.4 Å². The zero-order valence-corrected chi connectivity index (χ0v) is 83.4. The first-order valence-corrected chi connectivity index (χ1v) is 48.9. The Balaban J connectivity index is 0.000000161. The van der Waals surface area contributed by atoms with Crippen LogP contribution in [-0.2, 0) is 40.5 Å². The van der Waals surface area contributed by atoms with Crippen molar-refractivity contribution in [2.75, 3.05) is 66.0 Å². The number of nitrogens with one attached hydrogen (secondary N) is 1. The van der Waals surface area contributed by atoms with Gasteiger partial charge in [-0.2, -0.15) is 0 Å². The fourth-order valence-corrected chi connectivity index (χ4v) is 23.2. The van der Waals surface area contributed by atoms with E-state index in [1.165, 1.54) is 35.3 Å². The summed E-state index contributed by atoms with van der Waals surface area (Å²) in [7, 11) is 2.15. The number of fused-ring (bicyclic) bond motifs is 3. The number of likely N-dealkylation sites (tertiary alicyclic amines) is 3. The molecule has 3 fully saturated rings. The van der Waals surface area contributed by atoms with E-state index in [1.807, 2.05) is 176 Å². The number of likely N-dealkylation sites (N-methyl/N-ethyl adjacent to an activating group) is 2. The predicted molar refractivity (Wildman–Crippen MR) is 523 cm³/mol. The number of hydrogen-bond acceptors (Lipinski definition) is 18. The van der Waals surface area contributed by atoms with Crippen LogP contribution < -0.4 is 5.32 Å². The highest BCUT2D eigenvalue weighted by molar-refractivity contribution is 8.18. The summed E-state index contributed by atoms with van der Waals surface area (Å²) < 4.78 is 10.9. The Labute approximate surface area is 794 Å². The Bertz CT molecular complexity index is 5160. The number of nitrogens with zero attached hydrogens (tertiary/aromatic N) is 11. The Kier molecular flexibility index (Phi) is 32.0. The number of ether oxygens (including phenoxy) is 2. The Hall–Kier alpha value is -7.39. The monoisotopic (exact) mass is 1900 g/mol. The highest BCUT2D eigenvalue weighted by atomic mass is 35.5. The number of aliphatic imine (C=N–C) groups is 3. The number of piperidine rings is 3. The fourth-order valence-electron chi connectivity index (χ4n) is 18.5. The number of carboxylic acid groups (broad SMARTS) is 1. The lowest BCUT2D eigenvalue weighted by Crippen LogP contribution is -2.49. The van der Waals surface area contributed by atoms with E-state index in [1.54, 1.807) is 9.80 Å². The lowest BCUT2D eigenvalue weighted by Gasteiger charge is -2.39. The molecule has 20 nitrogen and oxygen atoms in total. The molecule has 0 unspecified atom stereocenters. The lowest BCUT2D eigenvalue weighted by atomic mass is 9.81. The molecule has 29 heteroatoms. The molecule has 4 amide bonds. The molecule has 6 aromatic rings. The Morgan fingerprint density at radius 3 is 0.953 bits per heavy atom. The zero-order valence-electron chi connectivity index (χ0n) is 76.4. The van der Waals surface area contributed by atoms with Crippen molar-refractivity contribution in [1.29, 1.82) is 0 Å². The minimum atomic E-state index is -0.918. The molecule has 2 N–H and O–H groups in total. The van der Waals surface area contributed by atoms with Gasteiger partial charge in [0.2, 0.25) is 0 Å². The van der Waals surface area contributed by atoms with Crippen LogP contribution in [0.1, 0.15) is 215 Å². The van der Waals surface area contributed by atoms with Crippen molar-refractivity contribution in [3.8, 4) is 0 Å². The standard InChI is InChI=1S/C34H42Cl2N4O3S.C30H36Cl2N4OS.C22H20Cl2N2O2S.C12H24N2O2/c1-8-39(26-17-19-38(20-18-26)32(42)43-33(4,5)6)30(41)28-27(21(2)3)40-29(22-9-13-24(35)14-10-22)34(7,37-31(40)44-28)23-11-15-25(36)16-12-23;1-6-35(24-15-17-34(5)18-16-24)28(37)26-25(19(2)3)36-27(20-7-11-22(31)12-8-20)30(4,33-29(36)38-26)21-9-13-23(32)14-10-21;1-12(2)17-18(20(27)28)29-21-25-22(3,14-6-10-16(24)11-7-14)19(26(17)21)13-4-8-15(23)9-5-13;1-5-13-10-6-8-14(9-7-10)11(15)16-12(2,3)4/h9-16,21,26,29H,8,17-20H2,1-7H3;7-14,19,24,27H,6,15-18H2,1-5H3;4-12,19H,1-3H3,(H,27,28);10,13H,5-9H2,1-4H3/t29-,34+;27-,30+;19-,22+;/m111./s1. The van der Waals surface area contributed by atoms with Crippen LogP contribution >= 0.6 is 105 Å². The van der Waals surface area contributed by atoms with E-state index in [4.69, 9.17) is 94.1 Å². The van der Waals surface area contributed by atoms with Crippen LogP contribution in [0, 0.1) is 17.8 Å². The van der Waals surface area contributed by atoms with Gasteiger partial charge in [0, 0.05) is 105 Å². The van der Waals surface area contributed by atoms with E-state index in [-0.39, 0.29) is 72.0 Å². The van der Waals surface area contributed by atoms with Crippen molar-refractivity contribution < 1.29 is 38.6 Å². The molecule has 6 atom stereocenters. The van der Waals surface area contributed by atoms with Crippen molar-refractivity contribution in [3.63, 3.8) is 0 Å². The van der Waals surface area contributed by atoms with E-state index in [2.05, 4.69) is 136 Å². The summed E-state index contributed by atoms with van der Waals surface area (Å²) in [4.78, 5) is 99.2. The highest BCUT2D eigenvalue weighted by Gasteiger charge is 2.57. The lowest BCUT2D eigenvalue weighted by molar-refractivity contribution is -0.132. The van der Waals surface area contributed by atoms with E-state index >= 15 is 0 Å². The molecular weight excluding hydrogens is 1780 g/mol. The van der Waals surface area contributed by atoms with Gasteiger partial charge in [0.05, 0.1) is 18.1 Å². The van der Waals surface area contributed by atoms with E-state index < -0.39 is 33.8 Å². The maximum absolute atomic E-state index is 14.4. The summed E-state index contributed by atoms with van der Waals surface area (Å²) in [6.07, 6.45) is 5.01. The van der Waals surface area contributed by atoms with Gasteiger partial charge >= 0.3 is 18.2 Å². The third kappa shape index (κ3) is 22.0. The van der Waals surface area contributed by atoms with Gasteiger partial charge in [-0.15, -0.1) is 0 Å². The number of carbonyl (C=O) groups is 5. The first-order chi connectivity index (χ1) is 60.0. The molecule has 127 heavy (non-hydrogen) atoms. The maximum Gasteiger partial charge on any atom is 0.410 e. The van der Waals surface area contributed by atoms with Gasteiger partial charge in [-0.1, -0.05) is 191 Å². The second-order valence-corrected chi connectivity index (χ2v) is 42.6. The average molecular weight is 1910 g/mol. The van der Waals surface area contributed by atoms with Crippen LogP contribution in [0.2, 0.25) is 30.1 Å². The average Bonchev–Trinajstić information content (AvgIpc) is 1.57. The number of rotatable bonds is 18. The van der Waals surface area contributed by atoms with Gasteiger partial charge < -0.3 is 59.1 Å². The second kappa shape index (κ2) is 41.2. The number of amidine groups is 3. The number of thioether (sulfide) groups is 3. The van der Waals surface area contributed by atoms with E-state index in [0.29, 0.717) is 85.3 Å². The molecule has 0 radical (unpaired) electrons. The normalized spacial score (nSPS) is 22.8. The SMILES string of the molecule is CC(C)C1=C(C(=O)O)SC2=N[C@@](C)(c3ccc(Cl)cc3)[C@@H](c3ccc(Cl)cc3)N21.CCN(C(=O)C1=C(C(C)C)N2C(=N[C@@](C)(c3ccc(Cl)cc3)[C@H]2c2ccc(Cl)cc2)S1)C1CCN(C(=O)OC(C)(C)C)CC1.CCN(C(=O)C1=C(C(C)C)N2C(=N[C@@](C)(c3ccc(Cl)cc3)[C@H]2c2ccc(Cl)cc2)S1)C1CCN(C)CC1.CCNC1CCN(C(=O)OC(C)(C)C)CC1. The number of benzene rings is 6. The highest BCUT2D eigenvalue weighted by Crippen LogP contribution is 2.60. The Morgan fingerprint density at radius 2 is 0.693 bits per heavy atom. The van der Waals surface area contributed by atoms with Gasteiger partial charge in [0.15, 0.2) is 15.5 Å². The summed E-state index contributed by atoms with van der Waals surface area (Å²) in [5, 5.41) is 19.7. The molecule has 0 saturated carbocycles. The van der Waals surface area contributed by atoms with E-state index in [9.17, 15) is 29.1 Å². The van der Waals surface area contributed by atoms with Crippen LogP contribution in [0.15, 0.2) is 192 Å². The van der Waals surface area contributed by atoms with Crippen molar-refractivity contribution in [3.05, 3.63) is 241 Å². The molecule has 9 aliphatic heterocycles. The summed E-state index contributed by atoms with van der Waals surface area (Å²) >= 11 is 41.6. The van der Waals surface area contributed by atoms with Gasteiger partial charge in [0.25, 0.3) is 11.8 Å². The van der Waals surface area contributed by atoms with Crippen LogP contribution in [-0.4, -0.2) is 185 Å². The van der Waals surface area contributed by atoms with Crippen molar-refractivity contribution >= 4 is 150 Å². The summed E-state index contributed by atoms with van der Waals surface area (Å²) in [5.74, 6) is -0.507. The number of allylic oxidation sites excluding steroid dienone is 3. The molecule has 682 valence electrons. The molecule has 9 aliphatic rings. The largest absolute Gasteiger partial charge is 0.477 e. The smallest absolute Gasteiger partial charge is 0.410 e. The fraction of sp³-hybridized carbons (Fsp3) is 0.490. The first-order valence-electron chi connectivity index (χ1n) is 44.2. The topological polar surface area (TPSA) is 199 Å². The van der Waals surface area contributed by atoms with Crippen LogP contribution in [0.3, 0.4) is 0 Å². The van der Waals surface area contributed by atoms with Crippen LogP contribution in [0.25, 0.3) is 0 Å². The molecule has 3 saturated heterocycles. The third-order valence-electron chi connectivity index (χ3n) is 24.6. The maximum atomic E-state index is 14.4. The minimum Gasteiger partial charge on any atom is -0.477 e. The number of amides is 4. The number of hydrogen-bond donors (Lipinski definition) is 2. The molecule has 15 rings (SSSR count).